The second kappa shape index (κ2) is 14.5. The molecular weight excluding hydrogens is 550 g/mol. The maximum atomic E-state index is 13.2. The molecule has 6 nitrogen and oxygen atoms in total. The third kappa shape index (κ3) is 8.68. The highest BCUT2D eigenvalue weighted by molar-refractivity contribution is 9.10. The number of unbranched alkanes of at least 4 members (excludes halogenated alkanes) is 3. The molecule has 194 valence electrons. The lowest BCUT2D eigenvalue weighted by atomic mass is 10.1. The SMILES string of the molecule is CCCCCCOc1ccc(Br)cc1C(=O)NC(=S)Nc1ccccc1C(=O)N(C)Cc1ccccc1. The molecular formula is C29H32BrN3O3S. The van der Waals surface area contributed by atoms with Gasteiger partial charge < -0.3 is 15.0 Å². The van der Waals surface area contributed by atoms with E-state index in [2.05, 4.69) is 33.5 Å². The van der Waals surface area contributed by atoms with Crippen LogP contribution in [0.1, 0.15) is 58.9 Å². The molecule has 0 aliphatic heterocycles. The van der Waals surface area contributed by atoms with Crippen LogP contribution >= 0.6 is 28.1 Å². The molecule has 2 N–H and O–H groups in total. The van der Waals surface area contributed by atoms with Crippen LogP contribution < -0.4 is 15.4 Å². The zero-order valence-corrected chi connectivity index (χ0v) is 23.5. The second-order valence-corrected chi connectivity index (χ2v) is 9.97. The van der Waals surface area contributed by atoms with Crippen LogP contribution in [-0.4, -0.2) is 35.5 Å². The summed E-state index contributed by atoms with van der Waals surface area (Å²) in [6.45, 7) is 3.17. The molecule has 8 heteroatoms. The van der Waals surface area contributed by atoms with Gasteiger partial charge in [-0.2, -0.15) is 0 Å². The minimum absolute atomic E-state index is 0.0878. The number of hydrogen-bond acceptors (Lipinski definition) is 4. The van der Waals surface area contributed by atoms with E-state index < -0.39 is 5.91 Å². The Morgan fingerprint density at radius 2 is 1.68 bits per heavy atom. The molecule has 0 spiro atoms. The second-order valence-electron chi connectivity index (χ2n) is 8.65. The fourth-order valence-electron chi connectivity index (χ4n) is 3.75. The van der Waals surface area contributed by atoms with Crippen LogP contribution in [0.4, 0.5) is 5.69 Å². The molecule has 0 aliphatic rings. The largest absolute Gasteiger partial charge is 0.493 e. The lowest BCUT2D eigenvalue weighted by Gasteiger charge is -2.20. The predicted octanol–water partition coefficient (Wildman–Crippen LogP) is 6.81. The van der Waals surface area contributed by atoms with Crippen molar-refractivity contribution in [1.82, 2.24) is 10.2 Å². The number of carbonyl (C=O) groups is 2. The molecule has 37 heavy (non-hydrogen) atoms. The van der Waals surface area contributed by atoms with Crippen molar-refractivity contribution in [2.75, 3.05) is 19.0 Å². The van der Waals surface area contributed by atoms with Crippen molar-refractivity contribution in [2.24, 2.45) is 0 Å². The standard InChI is InChI=1S/C29H32BrN3O3S/c1-3-4-5-11-18-36-26-17-16-22(30)19-24(26)27(34)32-29(37)31-25-15-10-9-14-23(25)28(35)33(2)20-21-12-7-6-8-13-21/h6-10,12-17,19H,3-5,11,18,20H2,1-2H3,(H2,31,32,34,37). The van der Waals surface area contributed by atoms with Crippen molar-refractivity contribution in [3.05, 3.63) is 94.0 Å². The maximum Gasteiger partial charge on any atom is 0.261 e. The summed E-state index contributed by atoms with van der Waals surface area (Å²) in [7, 11) is 1.75. The molecule has 0 heterocycles. The van der Waals surface area contributed by atoms with Crippen molar-refractivity contribution in [3.8, 4) is 5.75 Å². The number of para-hydroxylation sites is 1. The summed E-state index contributed by atoms with van der Waals surface area (Å²) in [5.74, 6) is -0.0581. The number of nitrogens with zero attached hydrogens (tertiary/aromatic N) is 1. The number of benzene rings is 3. The van der Waals surface area contributed by atoms with Crippen LogP contribution in [0.15, 0.2) is 77.3 Å². The van der Waals surface area contributed by atoms with E-state index in [1.54, 1.807) is 48.3 Å². The summed E-state index contributed by atoms with van der Waals surface area (Å²) in [5, 5.41) is 5.81. The molecule has 3 rings (SSSR count). The van der Waals surface area contributed by atoms with Gasteiger partial charge in [-0.1, -0.05) is 84.6 Å². The first-order chi connectivity index (χ1) is 17.9. The predicted molar refractivity (Wildman–Crippen MR) is 156 cm³/mol. The summed E-state index contributed by atoms with van der Waals surface area (Å²) in [4.78, 5) is 27.9. The van der Waals surface area contributed by atoms with Crippen LogP contribution in [0.5, 0.6) is 5.75 Å². The fraction of sp³-hybridized carbons (Fsp3) is 0.276. The van der Waals surface area contributed by atoms with Crippen molar-refractivity contribution < 1.29 is 14.3 Å². The topological polar surface area (TPSA) is 70.7 Å². The third-order valence-electron chi connectivity index (χ3n) is 5.68. The van der Waals surface area contributed by atoms with Gasteiger partial charge in [0.15, 0.2) is 5.11 Å². The lowest BCUT2D eigenvalue weighted by molar-refractivity contribution is 0.0786. The quantitative estimate of drug-likeness (QED) is 0.192. The Kier molecular flexibility index (Phi) is 11.1. The van der Waals surface area contributed by atoms with E-state index in [1.807, 2.05) is 36.4 Å². The summed E-state index contributed by atoms with van der Waals surface area (Å²) in [5.41, 5.74) is 2.38. The number of anilines is 1. The summed E-state index contributed by atoms with van der Waals surface area (Å²) in [6.07, 6.45) is 4.31. The molecule has 0 saturated carbocycles. The van der Waals surface area contributed by atoms with Gasteiger partial charge in [0.2, 0.25) is 0 Å². The summed E-state index contributed by atoms with van der Waals surface area (Å²) < 4.78 is 6.65. The van der Waals surface area contributed by atoms with E-state index in [1.165, 1.54) is 0 Å². The van der Waals surface area contributed by atoms with Crippen LogP contribution in [0, 0.1) is 0 Å². The van der Waals surface area contributed by atoms with Gasteiger partial charge in [0.1, 0.15) is 5.75 Å². The minimum atomic E-state index is -0.396. The molecule has 0 unspecified atom stereocenters. The average molecular weight is 583 g/mol. The zero-order chi connectivity index (χ0) is 26.6. The lowest BCUT2D eigenvalue weighted by Crippen LogP contribution is -2.35. The number of amides is 2. The summed E-state index contributed by atoms with van der Waals surface area (Å²) in [6, 6.07) is 22.2. The highest BCUT2D eigenvalue weighted by Gasteiger charge is 2.19. The first-order valence-corrected chi connectivity index (χ1v) is 13.5. The van der Waals surface area contributed by atoms with Crippen LogP contribution in [0.2, 0.25) is 0 Å². The number of nitrogens with one attached hydrogen (secondary N) is 2. The molecule has 0 atom stereocenters. The molecule has 0 aliphatic carbocycles. The summed E-state index contributed by atoms with van der Waals surface area (Å²) >= 11 is 8.84. The highest BCUT2D eigenvalue weighted by atomic mass is 79.9. The molecule has 0 saturated heterocycles. The Labute approximate surface area is 232 Å². The fourth-order valence-corrected chi connectivity index (χ4v) is 4.32. The minimum Gasteiger partial charge on any atom is -0.493 e. The molecule has 3 aromatic carbocycles. The molecule has 0 aromatic heterocycles. The van der Waals surface area contributed by atoms with Crippen LogP contribution in [-0.2, 0) is 6.54 Å². The number of ether oxygens (including phenoxy) is 1. The van der Waals surface area contributed by atoms with Gasteiger partial charge in [-0.25, -0.2) is 0 Å². The average Bonchev–Trinajstić information content (AvgIpc) is 2.89. The molecule has 0 radical (unpaired) electrons. The van der Waals surface area contributed by atoms with Crippen molar-refractivity contribution in [1.29, 1.82) is 0 Å². The van der Waals surface area contributed by atoms with Gasteiger partial charge in [0.25, 0.3) is 11.8 Å². The van der Waals surface area contributed by atoms with E-state index in [4.69, 9.17) is 17.0 Å². The van der Waals surface area contributed by atoms with Gasteiger partial charge in [-0.15, -0.1) is 0 Å². The third-order valence-corrected chi connectivity index (χ3v) is 6.38. The smallest absolute Gasteiger partial charge is 0.261 e. The number of hydrogen-bond donors (Lipinski definition) is 2. The van der Waals surface area contributed by atoms with E-state index in [9.17, 15) is 9.59 Å². The highest BCUT2D eigenvalue weighted by Crippen LogP contribution is 2.24. The monoisotopic (exact) mass is 581 g/mol. The van der Waals surface area contributed by atoms with E-state index in [-0.39, 0.29) is 11.0 Å². The van der Waals surface area contributed by atoms with Crippen LogP contribution in [0.25, 0.3) is 0 Å². The normalized spacial score (nSPS) is 10.5. The van der Waals surface area contributed by atoms with Crippen LogP contribution in [0.3, 0.4) is 0 Å². The van der Waals surface area contributed by atoms with Crippen molar-refractivity contribution >= 4 is 50.8 Å². The maximum absolute atomic E-state index is 13.2. The van der Waals surface area contributed by atoms with Gasteiger partial charge >= 0.3 is 0 Å². The van der Waals surface area contributed by atoms with Gasteiger partial charge in [-0.05, 0) is 54.5 Å². The Morgan fingerprint density at radius 3 is 2.43 bits per heavy atom. The Morgan fingerprint density at radius 1 is 0.946 bits per heavy atom. The zero-order valence-electron chi connectivity index (χ0n) is 21.1. The van der Waals surface area contributed by atoms with Gasteiger partial charge in [-0.3, -0.25) is 14.9 Å². The van der Waals surface area contributed by atoms with Gasteiger partial charge in [0.05, 0.1) is 23.4 Å². The van der Waals surface area contributed by atoms with Gasteiger partial charge in [0, 0.05) is 18.1 Å². The Balaban J connectivity index is 1.66. The first kappa shape index (κ1) is 28.3. The number of thiocarbonyl (C=S) groups is 1. The van der Waals surface area contributed by atoms with E-state index in [0.717, 1.165) is 35.7 Å². The van der Waals surface area contributed by atoms with E-state index in [0.29, 0.717) is 35.7 Å². The number of carbonyl (C=O) groups excluding carboxylic acids is 2. The Hall–Kier alpha value is -3.23. The van der Waals surface area contributed by atoms with E-state index >= 15 is 0 Å². The number of halogens is 1. The van der Waals surface area contributed by atoms with Crippen molar-refractivity contribution in [2.45, 2.75) is 39.2 Å². The molecule has 0 fully saturated rings. The first-order valence-electron chi connectivity index (χ1n) is 12.3. The number of rotatable bonds is 11. The molecule has 0 bridgehead atoms. The molecule has 3 aromatic rings. The Bertz CT molecular complexity index is 1220. The van der Waals surface area contributed by atoms with Crippen molar-refractivity contribution in [3.63, 3.8) is 0 Å². The molecule has 2 amide bonds.